The van der Waals surface area contributed by atoms with Crippen LogP contribution in [0.5, 0.6) is 0 Å². The van der Waals surface area contributed by atoms with Gasteiger partial charge >= 0.3 is 0 Å². The maximum Gasteiger partial charge on any atom is 0.160 e. The molecule has 10 aromatic carbocycles. The first-order valence-corrected chi connectivity index (χ1v) is 20.7. The third-order valence-electron chi connectivity index (χ3n) is 12.1. The molecule has 0 amide bonds. The van der Waals surface area contributed by atoms with Crippen LogP contribution in [0.2, 0.25) is 0 Å². The Hall–Kier alpha value is -8.14. The quantitative estimate of drug-likeness (QED) is 0.125. The number of benzene rings is 10. The lowest BCUT2D eigenvalue weighted by molar-refractivity contribution is 0.669. The fourth-order valence-corrected chi connectivity index (χ4v) is 9.17. The van der Waals surface area contributed by atoms with Crippen molar-refractivity contribution < 1.29 is 4.42 Å². The highest BCUT2D eigenvalue weighted by molar-refractivity contribution is 6.28. The monoisotopic (exact) mass is 776 g/mol. The predicted octanol–water partition coefficient (Wildman–Crippen LogP) is 15.8. The molecule has 0 fully saturated rings. The van der Waals surface area contributed by atoms with Crippen molar-refractivity contribution in [3.8, 4) is 67.3 Å². The summed E-state index contributed by atoms with van der Waals surface area (Å²) >= 11 is 0. The van der Waals surface area contributed by atoms with Crippen LogP contribution in [0.15, 0.2) is 223 Å². The van der Waals surface area contributed by atoms with Gasteiger partial charge in [-0.2, -0.15) is 0 Å². The average Bonchev–Trinajstić information content (AvgIpc) is 3.72. The Morgan fingerprint density at radius 2 is 0.787 bits per heavy atom. The van der Waals surface area contributed by atoms with Crippen LogP contribution in [0, 0.1) is 0 Å². The number of hydrogen-bond acceptors (Lipinski definition) is 3. The first kappa shape index (κ1) is 34.9. The molecule has 12 aromatic rings. The molecule has 0 atom stereocenters. The Morgan fingerprint density at radius 1 is 0.279 bits per heavy atom. The van der Waals surface area contributed by atoms with Gasteiger partial charge in [0.15, 0.2) is 5.82 Å². The zero-order valence-electron chi connectivity index (χ0n) is 33.1. The largest absolute Gasteiger partial charge is 0.456 e. The van der Waals surface area contributed by atoms with Crippen molar-refractivity contribution in [3.05, 3.63) is 218 Å². The fraction of sp³-hybridized carbons (Fsp3) is 0. The van der Waals surface area contributed by atoms with Crippen LogP contribution in [-0.2, 0) is 0 Å². The van der Waals surface area contributed by atoms with E-state index in [0.717, 1.165) is 61.1 Å². The second-order valence-electron chi connectivity index (χ2n) is 15.7. The molecule has 61 heavy (non-hydrogen) atoms. The highest BCUT2D eigenvalue weighted by Crippen LogP contribution is 2.46. The Bertz CT molecular complexity index is 3610. The second-order valence-corrected chi connectivity index (χ2v) is 15.7. The van der Waals surface area contributed by atoms with Crippen molar-refractivity contribution in [1.29, 1.82) is 0 Å². The van der Waals surface area contributed by atoms with Gasteiger partial charge < -0.3 is 4.42 Å². The van der Waals surface area contributed by atoms with E-state index in [0.29, 0.717) is 5.82 Å². The van der Waals surface area contributed by atoms with Gasteiger partial charge in [-0.15, -0.1) is 0 Å². The first-order chi connectivity index (χ1) is 30.2. The van der Waals surface area contributed by atoms with Gasteiger partial charge in [0, 0.05) is 27.5 Å². The Labute approximate surface area is 352 Å². The van der Waals surface area contributed by atoms with Crippen molar-refractivity contribution in [2.24, 2.45) is 0 Å². The lowest BCUT2D eigenvalue weighted by Crippen LogP contribution is -1.96. The molecule has 0 aliphatic heterocycles. The number of para-hydroxylation sites is 1. The average molecular weight is 777 g/mol. The molecule has 2 heterocycles. The molecule has 0 N–H and O–H groups in total. The minimum Gasteiger partial charge on any atom is -0.456 e. The summed E-state index contributed by atoms with van der Waals surface area (Å²) in [5, 5.41) is 9.72. The number of rotatable bonds is 6. The number of aromatic nitrogens is 2. The molecule has 12 rings (SSSR count). The molecule has 0 radical (unpaired) electrons. The molecule has 0 spiro atoms. The van der Waals surface area contributed by atoms with Crippen LogP contribution < -0.4 is 0 Å². The van der Waals surface area contributed by atoms with Crippen LogP contribution in [-0.4, -0.2) is 9.97 Å². The summed E-state index contributed by atoms with van der Waals surface area (Å²) < 4.78 is 6.14. The van der Waals surface area contributed by atoms with Crippen molar-refractivity contribution in [2.45, 2.75) is 0 Å². The molecule has 0 bridgehead atoms. The smallest absolute Gasteiger partial charge is 0.160 e. The summed E-state index contributed by atoms with van der Waals surface area (Å²) in [5.41, 5.74) is 13.7. The molecule has 0 aliphatic carbocycles. The zero-order valence-corrected chi connectivity index (χ0v) is 33.1. The summed E-state index contributed by atoms with van der Waals surface area (Å²) in [7, 11) is 0. The zero-order chi connectivity index (χ0) is 40.3. The van der Waals surface area contributed by atoms with E-state index in [1.807, 2.05) is 42.5 Å². The summed E-state index contributed by atoms with van der Waals surface area (Å²) in [6.07, 6.45) is 0. The van der Waals surface area contributed by atoms with E-state index in [-0.39, 0.29) is 0 Å². The van der Waals surface area contributed by atoms with E-state index >= 15 is 0 Å². The third kappa shape index (κ3) is 5.98. The lowest BCUT2D eigenvalue weighted by atomic mass is 9.84. The summed E-state index contributed by atoms with van der Waals surface area (Å²) in [4.78, 5) is 10.2. The van der Waals surface area contributed by atoms with Gasteiger partial charge in [0.05, 0.1) is 11.4 Å². The molecule has 3 heteroatoms. The van der Waals surface area contributed by atoms with Crippen molar-refractivity contribution in [1.82, 2.24) is 9.97 Å². The van der Waals surface area contributed by atoms with Crippen molar-refractivity contribution in [3.63, 3.8) is 0 Å². The molecule has 2 aromatic heterocycles. The molecule has 0 saturated carbocycles. The van der Waals surface area contributed by atoms with Gasteiger partial charge in [-0.05, 0) is 96.0 Å². The van der Waals surface area contributed by atoms with Crippen LogP contribution >= 0.6 is 0 Å². The Morgan fingerprint density at radius 3 is 1.51 bits per heavy atom. The molecule has 0 saturated heterocycles. The molecule has 284 valence electrons. The summed E-state index contributed by atoms with van der Waals surface area (Å²) in [6, 6.07) is 77.7. The number of furan rings is 1. The van der Waals surface area contributed by atoms with Gasteiger partial charge in [-0.25, -0.2) is 9.97 Å². The number of nitrogens with zero attached hydrogens (tertiary/aromatic N) is 2. The van der Waals surface area contributed by atoms with Crippen molar-refractivity contribution >= 4 is 54.3 Å². The standard InChI is InChI=1S/C58H36N2O/c1-3-14-41(15-4-1)56-48-21-10-9-20-47(48)55(49-33-31-39-13-7-8-18-45(39)57(49)56)42-29-25-38(26-30-42)37-23-27-40(28-24-37)51-36-52(60-58(59-51)43-16-5-2-6-17-43)44-32-34-54-50(35-44)46-19-11-12-22-53(46)61-54/h1-36H. The third-order valence-corrected chi connectivity index (χ3v) is 12.1. The minimum atomic E-state index is 0.690. The van der Waals surface area contributed by atoms with Crippen LogP contribution in [0.25, 0.3) is 122 Å². The van der Waals surface area contributed by atoms with E-state index in [1.54, 1.807) is 0 Å². The van der Waals surface area contributed by atoms with Gasteiger partial charge in [0.25, 0.3) is 0 Å². The summed E-state index contributed by atoms with van der Waals surface area (Å²) in [5.74, 6) is 0.690. The fourth-order valence-electron chi connectivity index (χ4n) is 9.17. The van der Waals surface area contributed by atoms with E-state index in [9.17, 15) is 0 Å². The SMILES string of the molecule is c1ccc(-c2nc(-c3ccc(-c4ccc(-c5c6ccccc6c(-c6ccccc6)c6c5ccc5ccccc56)cc4)cc3)cc(-c3ccc4oc5ccccc5c4c3)n2)cc1. The van der Waals surface area contributed by atoms with Crippen molar-refractivity contribution in [2.75, 3.05) is 0 Å². The van der Waals surface area contributed by atoms with Crippen LogP contribution in [0.1, 0.15) is 0 Å². The number of hydrogen-bond donors (Lipinski definition) is 0. The van der Waals surface area contributed by atoms with Gasteiger partial charge in [-0.1, -0.05) is 188 Å². The Kier molecular flexibility index (Phi) is 8.17. The highest BCUT2D eigenvalue weighted by Gasteiger charge is 2.19. The topological polar surface area (TPSA) is 38.9 Å². The molecule has 3 nitrogen and oxygen atoms in total. The van der Waals surface area contributed by atoms with E-state index in [1.165, 1.54) is 54.6 Å². The molecular weight excluding hydrogens is 741 g/mol. The Balaban J connectivity index is 0.939. The van der Waals surface area contributed by atoms with E-state index in [2.05, 4.69) is 176 Å². The van der Waals surface area contributed by atoms with Crippen LogP contribution in [0.4, 0.5) is 0 Å². The van der Waals surface area contributed by atoms with Crippen LogP contribution in [0.3, 0.4) is 0 Å². The van der Waals surface area contributed by atoms with E-state index in [4.69, 9.17) is 14.4 Å². The van der Waals surface area contributed by atoms with Gasteiger partial charge in [-0.3, -0.25) is 0 Å². The van der Waals surface area contributed by atoms with Gasteiger partial charge in [0.1, 0.15) is 11.2 Å². The predicted molar refractivity (Wildman–Crippen MR) is 254 cm³/mol. The summed E-state index contributed by atoms with van der Waals surface area (Å²) in [6.45, 7) is 0. The maximum atomic E-state index is 6.14. The first-order valence-electron chi connectivity index (χ1n) is 20.7. The molecule has 0 aliphatic rings. The number of fused-ring (bicyclic) bond motifs is 7. The normalized spacial score (nSPS) is 11.6. The van der Waals surface area contributed by atoms with Gasteiger partial charge in [0.2, 0.25) is 0 Å². The van der Waals surface area contributed by atoms with E-state index < -0.39 is 0 Å². The minimum absolute atomic E-state index is 0.690. The molecule has 0 unspecified atom stereocenters. The molecular formula is C58H36N2O. The maximum absolute atomic E-state index is 6.14. The highest BCUT2D eigenvalue weighted by atomic mass is 16.3. The second kappa shape index (κ2) is 14.3. The lowest BCUT2D eigenvalue weighted by Gasteiger charge is -2.19.